The molecule has 0 radical (unpaired) electrons. The lowest BCUT2D eigenvalue weighted by atomic mass is 9.52. The molecule has 6 atom stereocenters. The highest BCUT2D eigenvalue weighted by molar-refractivity contribution is 5.19. The molecule has 0 aliphatic heterocycles. The summed E-state index contributed by atoms with van der Waals surface area (Å²) < 4.78 is 0. The van der Waals surface area contributed by atoms with E-state index in [0.717, 1.165) is 12.3 Å². The second kappa shape index (κ2) is 4.10. The molecule has 1 saturated carbocycles. The first-order valence-corrected chi connectivity index (χ1v) is 6.89. The van der Waals surface area contributed by atoms with Crippen molar-refractivity contribution in [2.24, 2.45) is 23.2 Å². The van der Waals surface area contributed by atoms with Crippen molar-refractivity contribution in [1.29, 1.82) is 0 Å². The predicted molar refractivity (Wildman–Crippen MR) is 69.5 cm³/mol. The molecule has 0 saturated heterocycles. The van der Waals surface area contributed by atoms with Gasteiger partial charge in [0.05, 0.1) is 11.7 Å². The number of fused-ring (bicyclic) bond motifs is 1. The maximum absolute atomic E-state index is 10.6. The average Bonchev–Trinajstić information content (AvgIpc) is 2.23. The van der Waals surface area contributed by atoms with E-state index in [0.29, 0.717) is 11.8 Å². The number of aliphatic hydroxyl groups is 2. The second-order valence-corrected chi connectivity index (χ2v) is 6.65. The molecule has 0 amide bonds. The van der Waals surface area contributed by atoms with Crippen molar-refractivity contribution in [3.63, 3.8) is 0 Å². The fourth-order valence-electron chi connectivity index (χ4n) is 3.98. The topological polar surface area (TPSA) is 40.5 Å². The summed E-state index contributed by atoms with van der Waals surface area (Å²) in [5, 5.41) is 20.8. The molecule has 2 N–H and O–H groups in total. The number of hydrogen-bond donors (Lipinski definition) is 2. The van der Waals surface area contributed by atoms with Crippen molar-refractivity contribution < 1.29 is 10.2 Å². The van der Waals surface area contributed by atoms with Gasteiger partial charge in [0.2, 0.25) is 0 Å². The molecular formula is C15H26O2. The zero-order valence-corrected chi connectivity index (χ0v) is 11.5. The number of rotatable bonds is 1. The van der Waals surface area contributed by atoms with Gasteiger partial charge in [-0.15, -0.1) is 0 Å². The summed E-state index contributed by atoms with van der Waals surface area (Å²) in [5.41, 5.74) is -1.32. The molecule has 1 fully saturated rings. The van der Waals surface area contributed by atoms with Crippen molar-refractivity contribution >= 4 is 0 Å². The minimum atomic E-state index is -0.900. The molecule has 2 aliphatic rings. The standard InChI is InChI=1S/C15H26O2/c1-10-5-6-13-12(9-10)7-8-14(3,17)15(13,4)11(2)16/h7-8,10-13,16-17H,5-6,9H2,1-4H3/t10-,11?,12-,13-,14-,15+/m0/s1. The van der Waals surface area contributed by atoms with Crippen LogP contribution in [0.4, 0.5) is 0 Å². The van der Waals surface area contributed by atoms with E-state index < -0.39 is 17.1 Å². The van der Waals surface area contributed by atoms with E-state index in [-0.39, 0.29) is 0 Å². The van der Waals surface area contributed by atoms with Crippen molar-refractivity contribution in [2.45, 2.75) is 58.7 Å². The van der Waals surface area contributed by atoms with E-state index in [4.69, 9.17) is 0 Å². The summed E-state index contributed by atoms with van der Waals surface area (Å²) in [6, 6.07) is 0. The van der Waals surface area contributed by atoms with Crippen LogP contribution >= 0.6 is 0 Å². The molecule has 0 spiro atoms. The molecule has 2 heteroatoms. The second-order valence-electron chi connectivity index (χ2n) is 6.65. The van der Waals surface area contributed by atoms with Crippen molar-refractivity contribution in [3.8, 4) is 0 Å². The van der Waals surface area contributed by atoms with Gasteiger partial charge in [-0.25, -0.2) is 0 Å². The van der Waals surface area contributed by atoms with E-state index >= 15 is 0 Å². The highest BCUT2D eigenvalue weighted by Crippen LogP contribution is 2.54. The van der Waals surface area contributed by atoms with Crippen LogP contribution in [0.1, 0.15) is 47.0 Å². The van der Waals surface area contributed by atoms with Crippen LogP contribution in [-0.2, 0) is 0 Å². The summed E-state index contributed by atoms with van der Waals surface area (Å²) in [4.78, 5) is 0. The van der Waals surface area contributed by atoms with E-state index in [9.17, 15) is 10.2 Å². The average molecular weight is 238 g/mol. The fourth-order valence-corrected chi connectivity index (χ4v) is 3.98. The zero-order chi connectivity index (χ0) is 12.8. The summed E-state index contributed by atoms with van der Waals surface area (Å²) in [7, 11) is 0. The molecule has 98 valence electrons. The van der Waals surface area contributed by atoms with Crippen LogP contribution in [0.3, 0.4) is 0 Å². The van der Waals surface area contributed by atoms with Gasteiger partial charge in [-0.05, 0) is 44.4 Å². The van der Waals surface area contributed by atoms with Crippen LogP contribution in [0, 0.1) is 23.2 Å². The molecule has 17 heavy (non-hydrogen) atoms. The lowest BCUT2D eigenvalue weighted by Gasteiger charge is -2.55. The van der Waals surface area contributed by atoms with Crippen LogP contribution in [0.2, 0.25) is 0 Å². The SMILES string of the molecule is CC(O)[C@]1(C)[C@H]2CC[C@H](C)C[C@@H]2C=C[C@]1(C)O. The van der Waals surface area contributed by atoms with Gasteiger partial charge in [0.25, 0.3) is 0 Å². The largest absolute Gasteiger partial charge is 0.393 e. The molecule has 0 aromatic rings. The molecule has 2 rings (SSSR count). The summed E-state index contributed by atoms with van der Waals surface area (Å²) in [6.45, 7) is 8.01. The Bertz CT molecular complexity index is 319. The first-order chi connectivity index (χ1) is 7.79. The zero-order valence-electron chi connectivity index (χ0n) is 11.5. The van der Waals surface area contributed by atoms with Crippen LogP contribution < -0.4 is 0 Å². The third-order valence-corrected chi connectivity index (χ3v) is 5.56. The minimum absolute atomic E-state index is 0.402. The Morgan fingerprint density at radius 1 is 1.29 bits per heavy atom. The first-order valence-electron chi connectivity index (χ1n) is 6.89. The Hall–Kier alpha value is -0.340. The molecule has 2 nitrogen and oxygen atoms in total. The molecule has 2 aliphatic carbocycles. The van der Waals surface area contributed by atoms with Crippen LogP contribution in [0.5, 0.6) is 0 Å². The normalized spacial score (nSPS) is 52.0. The quantitative estimate of drug-likeness (QED) is 0.690. The highest BCUT2D eigenvalue weighted by atomic mass is 16.3. The lowest BCUT2D eigenvalue weighted by molar-refractivity contribution is -0.149. The van der Waals surface area contributed by atoms with E-state index in [1.165, 1.54) is 12.8 Å². The van der Waals surface area contributed by atoms with Crippen molar-refractivity contribution in [1.82, 2.24) is 0 Å². The summed E-state index contributed by atoms with van der Waals surface area (Å²) in [5.74, 6) is 1.69. The molecule has 0 aromatic heterocycles. The Balaban J connectivity index is 2.38. The fraction of sp³-hybridized carbons (Fsp3) is 0.867. The Kier molecular flexibility index (Phi) is 3.16. The van der Waals surface area contributed by atoms with Gasteiger partial charge in [-0.1, -0.05) is 32.4 Å². The number of allylic oxidation sites excluding steroid dienone is 1. The minimum Gasteiger partial charge on any atom is -0.393 e. The van der Waals surface area contributed by atoms with Gasteiger partial charge in [0.15, 0.2) is 0 Å². The first kappa shape index (κ1) is 13.1. The van der Waals surface area contributed by atoms with Gasteiger partial charge in [-0.3, -0.25) is 0 Å². The Morgan fingerprint density at radius 2 is 1.94 bits per heavy atom. The maximum atomic E-state index is 10.6. The smallest absolute Gasteiger partial charge is 0.0880 e. The molecule has 0 bridgehead atoms. The molecule has 0 aromatic carbocycles. The van der Waals surface area contributed by atoms with Gasteiger partial charge >= 0.3 is 0 Å². The third-order valence-electron chi connectivity index (χ3n) is 5.56. The molecular weight excluding hydrogens is 212 g/mol. The lowest BCUT2D eigenvalue weighted by Crippen LogP contribution is -2.58. The number of aliphatic hydroxyl groups excluding tert-OH is 1. The highest BCUT2D eigenvalue weighted by Gasteiger charge is 2.55. The van der Waals surface area contributed by atoms with Gasteiger partial charge in [0.1, 0.15) is 0 Å². The Morgan fingerprint density at radius 3 is 2.53 bits per heavy atom. The van der Waals surface area contributed by atoms with E-state index in [2.05, 4.69) is 19.9 Å². The summed E-state index contributed by atoms with van der Waals surface area (Å²) in [6.07, 6.45) is 7.15. The van der Waals surface area contributed by atoms with Crippen LogP contribution in [0.25, 0.3) is 0 Å². The maximum Gasteiger partial charge on any atom is 0.0880 e. The van der Waals surface area contributed by atoms with Gasteiger partial charge in [0, 0.05) is 5.41 Å². The Labute approximate surface area is 105 Å². The monoisotopic (exact) mass is 238 g/mol. The predicted octanol–water partition coefficient (Wildman–Crippen LogP) is 2.75. The van der Waals surface area contributed by atoms with E-state index in [1.54, 1.807) is 0 Å². The van der Waals surface area contributed by atoms with Crippen molar-refractivity contribution in [3.05, 3.63) is 12.2 Å². The molecule has 1 unspecified atom stereocenters. The van der Waals surface area contributed by atoms with Gasteiger partial charge in [-0.2, -0.15) is 0 Å². The third kappa shape index (κ3) is 1.86. The molecule has 0 heterocycles. The number of hydrogen-bond acceptors (Lipinski definition) is 2. The van der Waals surface area contributed by atoms with Crippen molar-refractivity contribution in [2.75, 3.05) is 0 Å². The van der Waals surface area contributed by atoms with E-state index in [1.807, 2.05) is 19.9 Å². The summed E-state index contributed by atoms with van der Waals surface area (Å²) >= 11 is 0. The van der Waals surface area contributed by atoms with Crippen LogP contribution in [0.15, 0.2) is 12.2 Å². The van der Waals surface area contributed by atoms with Crippen LogP contribution in [-0.4, -0.2) is 21.9 Å². The van der Waals surface area contributed by atoms with Gasteiger partial charge < -0.3 is 10.2 Å².